The first-order chi connectivity index (χ1) is 14.6. The molecule has 2 N–H and O–H groups in total. The Bertz CT molecular complexity index is 975. The van der Waals surface area contributed by atoms with Crippen LogP contribution >= 0.6 is 23.4 Å². The van der Waals surface area contributed by atoms with Gasteiger partial charge < -0.3 is 10.2 Å². The number of thioether (sulfide) groups is 1. The Kier molecular flexibility index (Phi) is 6.66. The van der Waals surface area contributed by atoms with E-state index in [9.17, 15) is 9.59 Å². The van der Waals surface area contributed by atoms with E-state index in [2.05, 4.69) is 31.6 Å². The number of benzene rings is 1. The number of carbonyl (C=O) groups is 2. The molecule has 2 aliphatic heterocycles. The van der Waals surface area contributed by atoms with Crippen molar-refractivity contribution in [1.82, 2.24) is 20.6 Å². The van der Waals surface area contributed by atoms with Gasteiger partial charge in [-0.25, -0.2) is 9.97 Å². The molecular weight excluding hydrogens is 422 g/mol. The zero-order valence-electron chi connectivity index (χ0n) is 16.3. The molecule has 7 nitrogen and oxygen atoms in total. The average molecular weight is 444 g/mol. The molecular formula is C21H22ClN5O2S. The van der Waals surface area contributed by atoms with Crippen molar-refractivity contribution in [1.29, 1.82) is 0 Å². The van der Waals surface area contributed by atoms with Crippen LogP contribution in [0.3, 0.4) is 0 Å². The van der Waals surface area contributed by atoms with Crippen molar-refractivity contribution >= 4 is 46.5 Å². The van der Waals surface area contributed by atoms with E-state index in [-0.39, 0.29) is 11.1 Å². The fourth-order valence-corrected chi connectivity index (χ4v) is 4.43. The van der Waals surface area contributed by atoms with Crippen LogP contribution in [0.25, 0.3) is 6.08 Å². The van der Waals surface area contributed by atoms with Crippen molar-refractivity contribution in [2.45, 2.75) is 19.4 Å². The summed E-state index contributed by atoms with van der Waals surface area (Å²) in [5.41, 5.74) is 1.81. The lowest BCUT2D eigenvalue weighted by Crippen LogP contribution is -2.38. The number of nitrogens with one attached hydrogen (secondary N) is 2. The largest absolute Gasteiger partial charge is 0.341 e. The summed E-state index contributed by atoms with van der Waals surface area (Å²) >= 11 is 6.92. The van der Waals surface area contributed by atoms with E-state index in [1.165, 1.54) is 5.56 Å². The van der Waals surface area contributed by atoms with Gasteiger partial charge in [0.2, 0.25) is 5.95 Å². The molecule has 0 bridgehead atoms. The molecule has 2 amide bonds. The number of amides is 2. The van der Waals surface area contributed by atoms with Gasteiger partial charge in [0.05, 0.1) is 10.6 Å². The molecule has 0 saturated carbocycles. The van der Waals surface area contributed by atoms with E-state index in [1.807, 2.05) is 18.2 Å². The number of hydrogen-bond acceptors (Lipinski definition) is 7. The monoisotopic (exact) mass is 443 g/mol. The molecule has 2 aromatic rings. The van der Waals surface area contributed by atoms with Gasteiger partial charge in [-0.2, -0.15) is 0 Å². The Labute approximate surface area is 184 Å². The van der Waals surface area contributed by atoms with E-state index in [0.29, 0.717) is 22.5 Å². The molecule has 2 fully saturated rings. The van der Waals surface area contributed by atoms with E-state index in [1.54, 1.807) is 18.3 Å². The van der Waals surface area contributed by atoms with Crippen molar-refractivity contribution < 1.29 is 9.59 Å². The van der Waals surface area contributed by atoms with Crippen LogP contribution in [0.4, 0.5) is 10.7 Å². The Morgan fingerprint density at radius 2 is 2.10 bits per heavy atom. The Balaban J connectivity index is 1.28. The normalized spacial score (nSPS) is 18.8. The number of hydrogen-bond donors (Lipinski definition) is 2. The summed E-state index contributed by atoms with van der Waals surface area (Å²) in [6.45, 7) is 3.55. The second kappa shape index (κ2) is 9.59. The van der Waals surface area contributed by atoms with E-state index in [4.69, 9.17) is 11.6 Å². The summed E-state index contributed by atoms with van der Waals surface area (Å²) < 4.78 is 0. The topological polar surface area (TPSA) is 87.2 Å². The van der Waals surface area contributed by atoms with Crippen LogP contribution in [0.2, 0.25) is 5.02 Å². The van der Waals surface area contributed by atoms with Crippen LogP contribution in [-0.2, 0) is 11.3 Å². The maximum Gasteiger partial charge on any atom is 0.290 e. The highest BCUT2D eigenvalue weighted by atomic mass is 35.5. The minimum absolute atomic E-state index is 0.355. The lowest BCUT2D eigenvalue weighted by atomic mass is 9.97. The number of aromatic nitrogens is 2. The number of nitrogens with zero attached hydrogens (tertiary/aromatic N) is 3. The second-order valence-electron chi connectivity index (χ2n) is 7.32. The predicted molar refractivity (Wildman–Crippen MR) is 119 cm³/mol. The highest BCUT2D eigenvalue weighted by Crippen LogP contribution is 2.26. The molecule has 3 heterocycles. The van der Waals surface area contributed by atoms with Gasteiger partial charge in [-0.15, -0.1) is 0 Å². The minimum atomic E-state index is -0.378. The van der Waals surface area contributed by atoms with Crippen LogP contribution in [0.1, 0.15) is 24.1 Å². The zero-order valence-corrected chi connectivity index (χ0v) is 17.9. The van der Waals surface area contributed by atoms with Crippen LogP contribution in [0, 0.1) is 5.92 Å². The van der Waals surface area contributed by atoms with Crippen molar-refractivity contribution in [3.05, 3.63) is 57.7 Å². The second-order valence-corrected chi connectivity index (χ2v) is 8.78. The highest BCUT2D eigenvalue weighted by Gasteiger charge is 2.25. The van der Waals surface area contributed by atoms with Gasteiger partial charge in [0.1, 0.15) is 0 Å². The predicted octanol–water partition coefficient (Wildman–Crippen LogP) is 3.46. The molecule has 1 aromatic heterocycles. The molecule has 0 unspecified atom stereocenters. The summed E-state index contributed by atoms with van der Waals surface area (Å²) in [5.74, 6) is 0.885. The first kappa shape index (κ1) is 20.8. The molecule has 0 spiro atoms. The summed E-state index contributed by atoms with van der Waals surface area (Å²) in [6.07, 6.45) is 5.43. The van der Waals surface area contributed by atoms with Gasteiger partial charge in [-0.05, 0) is 66.9 Å². The molecule has 0 radical (unpaired) electrons. The molecule has 2 aliphatic rings. The summed E-state index contributed by atoms with van der Waals surface area (Å²) in [4.78, 5) is 34.5. The molecule has 30 heavy (non-hydrogen) atoms. The maximum atomic E-state index is 11.7. The summed E-state index contributed by atoms with van der Waals surface area (Å²) in [6, 6.07) is 9.65. The maximum absolute atomic E-state index is 11.7. The third-order valence-corrected chi connectivity index (χ3v) is 6.18. The van der Waals surface area contributed by atoms with Crippen LogP contribution in [0.15, 0.2) is 41.4 Å². The highest BCUT2D eigenvalue weighted by molar-refractivity contribution is 8.18. The number of carbonyl (C=O) groups excluding carboxylic acids is 2. The molecule has 0 aliphatic carbocycles. The molecule has 9 heteroatoms. The van der Waals surface area contributed by atoms with E-state index < -0.39 is 0 Å². The van der Waals surface area contributed by atoms with Gasteiger partial charge in [0.25, 0.3) is 11.1 Å². The lowest BCUT2D eigenvalue weighted by Gasteiger charge is -2.32. The number of halogens is 1. The molecule has 156 valence electrons. The number of anilines is 1. The van der Waals surface area contributed by atoms with Crippen LogP contribution in [-0.4, -0.2) is 40.7 Å². The average Bonchev–Trinajstić information content (AvgIpc) is 3.05. The Morgan fingerprint density at radius 1 is 1.27 bits per heavy atom. The Morgan fingerprint density at radius 3 is 2.83 bits per heavy atom. The van der Waals surface area contributed by atoms with Gasteiger partial charge in [-0.1, -0.05) is 23.7 Å². The summed E-state index contributed by atoms with van der Waals surface area (Å²) in [7, 11) is 0. The SMILES string of the molecule is O=C1NC(=O)/C(=C/c2ccnc(N3CCC(CNCc4cccc(Cl)c4)CC3)n2)S1. The van der Waals surface area contributed by atoms with Crippen molar-refractivity contribution in [2.24, 2.45) is 5.92 Å². The van der Waals surface area contributed by atoms with Gasteiger partial charge in [-0.3, -0.25) is 14.9 Å². The molecule has 0 atom stereocenters. The fraction of sp³-hybridized carbons (Fsp3) is 0.333. The van der Waals surface area contributed by atoms with Gasteiger partial charge >= 0.3 is 0 Å². The first-order valence-electron chi connectivity index (χ1n) is 9.85. The van der Waals surface area contributed by atoms with Crippen molar-refractivity contribution in [2.75, 3.05) is 24.5 Å². The third-order valence-electron chi connectivity index (χ3n) is 5.13. The van der Waals surface area contributed by atoms with Crippen molar-refractivity contribution in [3.63, 3.8) is 0 Å². The number of imide groups is 1. The minimum Gasteiger partial charge on any atom is -0.341 e. The lowest BCUT2D eigenvalue weighted by molar-refractivity contribution is -0.115. The number of rotatable bonds is 6. The molecule has 4 rings (SSSR count). The van der Waals surface area contributed by atoms with Gasteiger partial charge in [0.15, 0.2) is 0 Å². The molecule has 1 aromatic carbocycles. The quantitative estimate of drug-likeness (QED) is 0.661. The number of piperidine rings is 1. The third kappa shape index (κ3) is 5.38. The first-order valence-corrected chi connectivity index (χ1v) is 11.0. The molecule has 2 saturated heterocycles. The van der Waals surface area contributed by atoms with Crippen LogP contribution in [0.5, 0.6) is 0 Å². The van der Waals surface area contributed by atoms with Crippen LogP contribution < -0.4 is 15.5 Å². The zero-order chi connectivity index (χ0) is 20.9. The standard InChI is InChI=1S/C21H22ClN5O2S/c22-16-3-1-2-15(10-16)13-23-12-14-5-8-27(9-6-14)20-24-7-4-17(25-20)11-18-19(28)26-21(29)30-18/h1-4,7,10-11,14,23H,5-6,8-9,12-13H2,(H,26,28,29)/b18-11-. The van der Waals surface area contributed by atoms with E-state index in [0.717, 1.165) is 55.8 Å². The smallest absolute Gasteiger partial charge is 0.290 e. The van der Waals surface area contributed by atoms with Crippen molar-refractivity contribution in [3.8, 4) is 0 Å². The fourth-order valence-electron chi connectivity index (χ4n) is 3.55. The van der Waals surface area contributed by atoms with Gasteiger partial charge in [0, 0.05) is 30.9 Å². The summed E-state index contributed by atoms with van der Waals surface area (Å²) in [5, 5.41) is 6.19. The van der Waals surface area contributed by atoms with E-state index >= 15 is 0 Å². The Hall–Kier alpha value is -2.42.